The van der Waals surface area contributed by atoms with Crippen molar-refractivity contribution >= 4 is 21.5 Å². The van der Waals surface area contributed by atoms with E-state index in [9.17, 15) is 8.42 Å². The van der Waals surface area contributed by atoms with Crippen molar-refractivity contribution in [3.8, 4) is 5.75 Å². The third-order valence-corrected chi connectivity index (χ3v) is 3.91. The summed E-state index contributed by atoms with van der Waals surface area (Å²) in [6, 6.07) is 5.18. The molecule has 1 aromatic heterocycles. The molecule has 1 aromatic carbocycles. The number of anilines is 2. The van der Waals surface area contributed by atoms with Crippen LogP contribution in [0.25, 0.3) is 0 Å². The number of rotatable bonds is 4. The predicted molar refractivity (Wildman–Crippen MR) is 71.5 cm³/mol. The Labute approximate surface area is 110 Å². The van der Waals surface area contributed by atoms with Crippen LogP contribution in [0.4, 0.5) is 11.5 Å². The molecule has 7 nitrogen and oxygen atoms in total. The van der Waals surface area contributed by atoms with Crippen LogP contribution in [0.2, 0.25) is 0 Å². The quantitative estimate of drug-likeness (QED) is 0.778. The average molecular weight is 282 g/mol. The van der Waals surface area contributed by atoms with E-state index in [4.69, 9.17) is 10.5 Å². The van der Waals surface area contributed by atoms with Gasteiger partial charge in [0.05, 0.1) is 19.0 Å². The second-order valence-corrected chi connectivity index (χ2v) is 5.61. The first-order chi connectivity index (χ1) is 8.94. The van der Waals surface area contributed by atoms with Gasteiger partial charge in [0.1, 0.15) is 16.5 Å². The minimum Gasteiger partial charge on any atom is -0.495 e. The Balaban J connectivity index is 2.41. The van der Waals surface area contributed by atoms with E-state index in [0.717, 1.165) is 11.8 Å². The van der Waals surface area contributed by atoms with Gasteiger partial charge in [-0.05, 0) is 24.6 Å². The molecule has 2 rings (SSSR count). The largest absolute Gasteiger partial charge is 0.495 e. The first-order valence-electron chi connectivity index (χ1n) is 5.40. The Morgan fingerprint density at radius 1 is 1.42 bits per heavy atom. The number of methoxy groups -OCH3 is 1. The lowest BCUT2D eigenvalue weighted by Crippen LogP contribution is -2.14. The Morgan fingerprint density at radius 2 is 2.16 bits per heavy atom. The lowest BCUT2D eigenvalue weighted by molar-refractivity contribution is 0.417. The summed E-state index contributed by atoms with van der Waals surface area (Å²) >= 11 is 0. The molecule has 0 spiro atoms. The molecule has 19 heavy (non-hydrogen) atoms. The van der Waals surface area contributed by atoms with Crippen LogP contribution in [0.5, 0.6) is 5.75 Å². The van der Waals surface area contributed by atoms with E-state index in [1.165, 1.54) is 7.11 Å². The molecule has 0 aliphatic carbocycles. The van der Waals surface area contributed by atoms with Gasteiger partial charge in [0.2, 0.25) is 0 Å². The summed E-state index contributed by atoms with van der Waals surface area (Å²) in [5.41, 5.74) is 6.76. The van der Waals surface area contributed by atoms with Crippen molar-refractivity contribution in [2.45, 2.75) is 11.8 Å². The number of nitrogen functional groups attached to an aromatic ring is 1. The standard InChI is InChI=1S/C11H14N4O3S/c1-7-3-4-9(18-2)8(5-7)15-19(16,17)10-6-13-14-11(10)12/h3-6,15H,1-2H3,(H3,12,13,14). The van der Waals surface area contributed by atoms with E-state index < -0.39 is 10.0 Å². The lowest BCUT2D eigenvalue weighted by Gasteiger charge is -2.11. The van der Waals surface area contributed by atoms with Gasteiger partial charge in [0.15, 0.2) is 0 Å². The van der Waals surface area contributed by atoms with Crippen LogP contribution in [0, 0.1) is 6.92 Å². The number of sulfonamides is 1. The number of aromatic nitrogens is 2. The first-order valence-corrected chi connectivity index (χ1v) is 6.88. The van der Waals surface area contributed by atoms with E-state index in [-0.39, 0.29) is 10.7 Å². The molecular formula is C11H14N4O3S. The number of hydrogen-bond donors (Lipinski definition) is 3. The van der Waals surface area contributed by atoms with Crippen molar-refractivity contribution in [3.63, 3.8) is 0 Å². The van der Waals surface area contributed by atoms with E-state index in [1.807, 2.05) is 13.0 Å². The van der Waals surface area contributed by atoms with Crippen LogP contribution in [-0.2, 0) is 10.0 Å². The second kappa shape index (κ2) is 4.81. The number of aryl methyl sites for hydroxylation is 1. The molecule has 0 aliphatic heterocycles. The van der Waals surface area contributed by atoms with Crippen LogP contribution >= 0.6 is 0 Å². The van der Waals surface area contributed by atoms with Crippen LogP contribution in [0.15, 0.2) is 29.3 Å². The van der Waals surface area contributed by atoms with Gasteiger partial charge >= 0.3 is 0 Å². The predicted octanol–water partition coefficient (Wildman–Crippen LogP) is 1.11. The van der Waals surface area contributed by atoms with E-state index in [0.29, 0.717) is 11.4 Å². The Kier molecular flexibility index (Phi) is 3.34. The van der Waals surface area contributed by atoms with Gasteiger partial charge in [-0.3, -0.25) is 9.82 Å². The topological polar surface area (TPSA) is 110 Å². The molecule has 0 radical (unpaired) electrons. The zero-order valence-corrected chi connectivity index (χ0v) is 11.3. The van der Waals surface area contributed by atoms with Crippen LogP contribution < -0.4 is 15.2 Å². The molecule has 1 heterocycles. The molecule has 0 bridgehead atoms. The van der Waals surface area contributed by atoms with E-state index >= 15 is 0 Å². The molecule has 0 aliphatic rings. The van der Waals surface area contributed by atoms with Crippen molar-refractivity contribution in [1.82, 2.24) is 10.2 Å². The highest BCUT2D eigenvalue weighted by Gasteiger charge is 2.21. The third-order valence-electron chi connectivity index (χ3n) is 2.52. The zero-order valence-electron chi connectivity index (χ0n) is 10.5. The van der Waals surface area contributed by atoms with Crippen molar-refractivity contribution in [2.75, 3.05) is 17.6 Å². The minimum absolute atomic E-state index is 0.0147. The SMILES string of the molecule is COc1ccc(C)cc1NS(=O)(=O)c1cn[nH]c1N. The highest BCUT2D eigenvalue weighted by molar-refractivity contribution is 7.92. The molecule has 8 heteroatoms. The lowest BCUT2D eigenvalue weighted by atomic mass is 10.2. The maximum atomic E-state index is 12.2. The normalized spacial score (nSPS) is 11.3. The number of H-pyrrole nitrogens is 1. The Hall–Kier alpha value is -2.22. The molecule has 102 valence electrons. The number of benzene rings is 1. The summed E-state index contributed by atoms with van der Waals surface area (Å²) < 4.78 is 31.9. The maximum absolute atomic E-state index is 12.2. The monoisotopic (exact) mass is 282 g/mol. The average Bonchev–Trinajstić information content (AvgIpc) is 2.76. The van der Waals surface area contributed by atoms with Gasteiger partial charge in [-0.25, -0.2) is 8.42 Å². The molecule has 0 atom stereocenters. The molecule has 0 saturated carbocycles. The van der Waals surface area contributed by atoms with Gasteiger partial charge in [-0.15, -0.1) is 0 Å². The fourth-order valence-electron chi connectivity index (χ4n) is 1.60. The maximum Gasteiger partial charge on any atom is 0.267 e. The van der Waals surface area contributed by atoms with Crippen LogP contribution in [0.3, 0.4) is 0 Å². The van der Waals surface area contributed by atoms with Crippen molar-refractivity contribution in [2.24, 2.45) is 0 Å². The van der Waals surface area contributed by atoms with Crippen LogP contribution in [-0.4, -0.2) is 25.7 Å². The molecule has 0 unspecified atom stereocenters. The summed E-state index contributed by atoms with van der Waals surface area (Å²) in [4.78, 5) is -0.101. The number of nitrogens with two attached hydrogens (primary N) is 1. The number of nitrogens with zero attached hydrogens (tertiary/aromatic N) is 1. The highest BCUT2D eigenvalue weighted by Crippen LogP contribution is 2.28. The van der Waals surface area contributed by atoms with Crippen LogP contribution in [0.1, 0.15) is 5.56 Å². The smallest absolute Gasteiger partial charge is 0.267 e. The van der Waals surface area contributed by atoms with Gasteiger partial charge in [-0.2, -0.15) is 5.10 Å². The second-order valence-electron chi connectivity index (χ2n) is 3.96. The third kappa shape index (κ3) is 2.63. The van der Waals surface area contributed by atoms with E-state index in [2.05, 4.69) is 14.9 Å². The number of aromatic amines is 1. The van der Waals surface area contributed by atoms with Crippen molar-refractivity contribution in [3.05, 3.63) is 30.0 Å². The fourth-order valence-corrected chi connectivity index (χ4v) is 2.69. The van der Waals surface area contributed by atoms with Gasteiger partial charge in [-0.1, -0.05) is 6.07 Å². The molecule has 0 fully saturated rings. The van der Waals surface area contributed by atoms with Gasteiger partial charge in [0, 0.05) is 0 Å². The fraction of sp³-hybridized carbons (Fsp3) is 0.182. The summed E-state index contributed by atoms with van der Waals surface area (Å²) in [5.74, 6) is 0.412. The molecular weight excluding hydrogens is 268 g/mol. The summed E-state index contributed by atoms with van der Waals surface area (Å²) in [7, 11) is -2.33. The molecule has 2 aromatic rings. The highest BCUT2D eigenvalue weighted by atomic mass is 32.2. The van der Waals surface area contributed by atoms with Gasteiger partial charge < -0.3 is 10.5 Å². The first kappa shape index (κ1) is 13.2. The Morgan fingerprint density at radius 3 is 2.74 bits per heavy atom. The van der Waals surface area contributed by atoms with Crippen molar-refractivity contribution < 1.29 is 13.2 Å². The molecule has 0 saturated heterocycles. The van der Waals surface area contributed by atoms with Crippen molar-refractivity contribution in [1.29, 1.82) is 0 Å². The summed E-state index contributed by atoms with van der Waals surface area (Å²) in [6.07, 6.45) is 1.15. The Bertz CT molecular complexity index is 694. The summed E-state index contributed by atoms with van der Waals surface area (Å²) in [6.45, 7) is 1.85. The number of ether oxygens (including phenoxy) is 1. The molecule has 4 N–H and O–H groups in total. The number of hydrogen-bond acceptors (Lipinski definition) is 5. The van der Waals surface area contributed by atoms with E-state index in [1.54, 1.807) is 12.1 Å². The molecule has 0 amide bonds. The number of nitrogens with one attached hydrogen (secondary N) is 2. The van der Waals surface area contributed by atoms with Gasteiger partial charge in [0.25, 0.3) is 10.0 Å². The zero-order chi connectivity index (χ0) is 14.0. The summed E-state index contributed by atoms with van der Waals surface area (Å²) in [5, 5.41) is 5.97. The minimum atomic E-state index is -3.80.